The molecule has 3 atom stereocenters. The van der Waals surface area contributed by atoms with Crippen LogP contribution in [-0.4, -0.2) is 82.5 Å². The van der Waals surface area contributed by atoms with Crippen LogP contribution in [0.15, 0.2) is 35.4 Å². The molecule has 3 rings (SSSR count). The van der Waals surface area contributed by atoms with Crippen molar-refractivity contribution in [2.45, 2.75) is 56.9 Å². The van der Waals surface area contributed by atoms with Crippen molar-refractivity contribution in [2.75, 3.05) is 26.7 Å². The van der Waals surface area contributed by atoms with Gasteiger partial charge >= 0.3 is 0 Å². The topological polar surface area (TPSA) is 142 Å². The molecule has 1 aliphatic heterocycles. The van der Waals surface area contributed by atoms with Crippen molar-refractivity contribution in [1.82, 2.24) is 24.2 Å². The Morgan fingerprint density at radius 2 is 2.11 bits per heavy atom. The van der Waals surface area contributed by atoms with Gasteiger partial charge in [-0.15, -0.1) is 5.10 Å². The largest absolute Gasteiger partial charge is 0.394 e. The van der Waals surface area contributed by atoms with Gasteiger partial charge in [0, 0.05) is 39.0 Å². The Hall–Kier alpha value is -2.85. The van der Waals surface area contributed by atoms with Crippen LogP contribution in [0.2, 0.25) is 0 Å². The predicted octanol–water partition coefficient (Wildman–Crippen LogP) is 0.995. The van der Waals surface area contributed by atoms with Crippen molar-refractivity contribution in [1.29, 1.82) is 5.26 Å². The third-order valence-corrected chi connectivity index (χ3v) is 8.15. The van der Waals surface area contributed by atoms with E-state index in [9.17, 15) is 23.6 Å². The van der Waals surface area contributed by atoms with Crippen molar-refractivity contribution in [3.05, 3.63) is 41.7 Å². The highest BCUT2D eigenvalue weighted by Crippen LogP contribution is 2.22. The number of aliphatic hydroxyl groups excluding tert-OH is 1. The van der Waals surface area contributed by atoms with Gasteiger partial charge in [0.25, 0.3) is 0 Å². The van der Waals surface area contributed by atoms with Gasteiger partial charge in [-0.2, -0.15) is 9.57 Å². The van der Waals surface area contributed by atoms with Crippen molar-refractivity contribution >= 4 is 15.9 Å². The molecule has 11 nitrogen and oxygen atoms in total. The fraction of sp³-hybridized carbons (Fsp3) is 0.565. The minimum Gasteiger partial charge on any atom is -0.394 e. The number of fused-ring (bicyclic) bond motifs is 1. The molecule has 0 fully saturated rings. The minimum atomic E-state index is -3.97. The van der Waals surface area contributed by atoms with Gasteiger partial charge in [-0.3, -0.25) is 4.79 Å². The van der Waals surface area contributed by atoms with E-state index in [0.29, 0.717) is 25.9 Å². The second-order valence-corrected chi connectivity index (χ2v) is 10.9. The molecule has 12 heteroatoms. The predicted molar refractivity (Wildman–Crippen MR) is 126 cm³/mol. The Morgan fingerprint density at radius 1 is 1.37 bits per heavy atom. The molecule has 1 N–H and O–H groups in total. The van der Waals surface area contributed by atoms with E-state index in [-0.39, 0.29) is 48.1 Å². The number of sulfonamides is 1. The van der Waals surface area contributed by atoms with Crippen LogP contribution in [-0.2, 0) is 32.7 Å². The maximum absolute atomic E-state index is 13.3. The Labute approximate surface area is 205 Å². The summed E-state index contributed by atoms with van der Waals surface area (Å²) in [6.07, 6.45) is 1.87. The molecule has 1 aromatic carbocycles. The number of nitrogens with zero attached hydrogens (tertiary/aromatic N) is 6. The maximum atomic E-state index is 13.3. The second kappa shape index (κ2) is 11.7. The van der Waals surface area contributed by atoms with Crippen LogP contribution in [0.3, 0.4) is 0 Å². The summed E-state index contributed by atoms with van der Waals surface area (Å²) in [7, 11) is -2.52. The van der Waals surface area contributed by atoms with Gasteiger partial charge in [0.15, 0.2) is 0 Å². The van der Waals surface area contributed by atoms with E-state index >= 15 is 0 Å². The zero-order chi connectivity index (χ0) is 25.6. The van der Waals surface area contributed by atoms with Crippen LogP contribution in [0, 0.1) is 17.2 Å². The molecule has 0 saturated heterocycles. The lowest BCUT2D eigenvalue weighted by molar-refractivity contribution is -0.136. The van der Waals surface area contributed by atoms with E-state index in [1.165, 1.54) is 23.5 Å². The van der Waals surface area contributed by atoms with Gasteiger partial charge in [-0.1, -0.05) is 24.3 Å². The van der Waals surface area contributed by atoms with Gasteiger partial charge in [-0.25, -0.2) is 13.1 Å². The smallest absolute Gasteiger partial charge is 0.244 e. The molecule has 1 amide bonds. The molecule has 1 aromatic heterocycles. The molecule has 2 heterocycles. The highest BCUT2D eigenvalue weighted by Gasteiger charge is 2.32. The Balaban J connectivity index is 1.90. The molecule has 2 aromatic rings. The number of carbonyl (C=O) groups excluding carboxylic acids is 1. The van der Waals surface area contributed by atoms with Gasteiger partial charge in [0.1, 0.15) is 6.07 Å². The lowest BCUT2D eigenvalue weighted by Crippen LogP contribution is -2.48. The normalized spacial score (nSPS) is 21.0. The standard InChI is InChI=1S/C23H32N6O5S/c1-17-13-28(18(2)15-30)23(31)9-6-10-29-20(12-25-26-29)16-34-21(17)14-27(3)35(32,33)22-8-5-4-7-19(22)11-24/h4-5,7-8,12,17-18,21,30H,6,9-10,13-16H2,1-3H3/t17-,18-,21-/m0/s1. The summed E-state index contributed by atoms with van der Waals surface area (Å²) in [4.78, 5) is 14.5. The number of aliphatic hydroxyl groups is 1. The average molecular weight is 505 g/mol. The molecule has 0 bridgehead atoms. The lowest BCUT2D eigenvalue weighted by Gasteiger charge is -2.35. The summed E-state index contributed by atoms with van der Waals surface area (Å²) in [5.74, 6) is -0.358. The number of hydrogen-bond acceptors (Lipinski definition) is 8. The van der Waals surface area contributed by atoms with E-state index in [4.69, 9.17) is 4.74 Å². The summed E-state index contributed by atoms with van der Waals surface area (Å²) >= 11 is 0. The monoisotopic (exact) mass is 504 g/mol. The van der Waals surface area contributed by atoms with E-state index in [2.05, 4.69) is 10.3 Å². The number of aryl methyl sites for hydroxylation is 1. The summed E-state index contributed by atoms with van der Waals surface area (Å²) in [5, 5.41) is 27.1. The maximum Gasteiger partial charge on any atom is 0.244 e. The number of aromatic nitrogens is 3. The summed E-state index contributed by atoms with van der Waals surface area (Å²) in [6, 6.07) is 7.60. The molecule has 35 heavy (non-hydrogen) atoms. The van der Waals surface area contributed by atoms with Crippen LogP contribution in [0.5, 0.6) is 0 Å². The minimum absolute atomic E-state index is 0.000362. The quantitative estimate of drug-likeness (QED) is 0.614. The van der Waals surface area contributed by atoms with Crippen LogP contribution in [0.1, 0.15) is 37.9 Å². The van der Waals surface area contributed by atoms with Gasteiger partial charge in [-0.05, 0) is 25.5 Å². The molecular formula is C23H32N6O5S. The number of likely N-dealkylation sites (N-methyl/N-ethyl adjacent to an activating group) is 1. The Kier molecular flexibility index (Phi) is 8.96. The summed E-state index contributed by atoms with van der Waals surface area (Å²) in [6.45, 7) is 4.44. The molecular weight excluding hydrogens is 472 g/mol. The van der Waals surface area contributed by atoms with Gasteiger partial charge < -0.3 is 14.7 Å². The molecule has 0 unspecified atom stereocenters. The summed E-state index contributed by atoms with van der Waals surface area (Å²) < 4.78 is 35.6. The zero-order valence-corrected chi connectivity index (χ0v) is 21.1. The van der Waals surface area contributed by atoms with Crippen LogP contribution in [0.25, 0.3) is 0 Å². The number of benzene rings is 1. The molecule has 0 aliphatic carbocycles. The van der Waals surface area contributed by atoms with E-state index in [0.717, 1.165) is 5.69 Å². The first-order chi connectivity index (χ1) is 16.7. The molecule has 0 saturated carbocycles. The summed E-state index contributed by atoms with van der Waals surface area (Å²) in [5.41, 5.74) is 0.798. The second-order valence-electron chi connectivity index (χ2n) is 8.85. The van der Waals surface area contributed by atoms with Crippen molar-refractivity contribution < 1.29 is 23.1 Å². The Morgan fingerprint density at radius 3 is 2.83 bits per heavy atom. The number of nitriles is 1. The van der Waals surface area contributed by atoms with Crippen LogP contribution >= 0.6 is 0 Å². The van der Waals surface area contributed by atoms with Crippen molar-refractivity contribution in [3.8, 4) is 6.07 Å². The fourth-order valence-electron chi connectivity index (χ4n) is 4.05. The lowest BCUT2D eigenvalue weighted by atomic mass is 10.0. The fourth-order valence-corrected chi connectivity index (χ4v) is 5.37. The molecule has 0 spiro atoms. The number of ether oxygens (including phenoxy) is 1. The molecule has 0 radical (unpaired) electrons. The van der Waals surface area contributed by atoms with E-state index in [1.54, 1.807) is 34.8 Å². The third kappa shape index (κ3) is 6.24. The SMILES string of the molecule is C[C@H]1CN([C@@H](C)CO)C(=O)CCCn2nncc2CO[C@H]1CN(C)S(=O)(=O)c1ccccc1C#N. The van der Waals surface area contributed by atoms with Crippen molar-refractivity contribution in [3.63, 3.8) is 0 Å². The zero-order valence-electron chi connectivity index (χ0n) is 20.2. The Bertz CT molecular complexity index is 1160. The number of rotatable bonds is 6. The van der Waals surface area contributed by atoms with Crippen LogP contribution in [0.4, 0.5) is 0 Å². The number of hydrogen-bond donors (Lipinski definition) is 1. The number of carbonyl (C=O) groups is 1. The first-order valence-corrected chi connectivity index (χ1v) is 13.0. The van der Waals surface area contributed by atoms with Gasteiger partial charge in [0.2, 0.25) is 15.9 Å². The van der Waals surface area contributed by atoms with E-state index in [1.807, 2.05) is 13.0 Å². The molecule has 1 aliphatic rings. The average Bonchev–Trinajstić information content (AvgIpc) is 3.30. The first-order valence-electron chi connectivity index (χ1n) is 11.5. The molecule has 190 valence electrons. The van der Waals surface area contributed by atoms with Crippen molar-refractivity contribution in [2.24, 2.45) is 5.92 Å². The number of amides is 1. The highest BCUT2D eigenvalue weighted by molar-refractivity contribution is 7.89. The van der Waals surface area contributed by atoms with Gasteiger partial charge in [0.05, 0.1) is 47.7 Å². The van der Waals surface area contributed by atoms with Crippen LogP contribution < -0.4 is 0 Å². The first kappa shape index (κ1) is 26.7. The highest BCUT2D eigenvalue weighted by atomic mass is 32.2. The van der Waals surface area contributed by atoms with E-state index < -0.39 is 16.1 Å². The third-order valence-electron chi connectivity index (χ3n) is 6.27.